The predicted octanol–water partition coefficient (Wildman–Crippen LogP) is 5.65. The fourth-order valence-corrected chi connectivity index (χ4v) is 2.58. The lowest BCUT2D eigenvalue weighted by Crippen LogP contribution is -2.17. The number of phenols is 1. The molecule has 0 aliphatic heterocycles. The zero-order valence-corrected chi connectivity index (χ0v) is 14.0. The van der Waals surface area contributed by atoms with Gasteiger partial charge in [0.05, 0.1) is 0 Å². The third-order valence-corrected chi connectivity index (χ3v) is 3.83. The summed E-state index contributed by atoms with van der Waals surface area (Å²) in [7, 11) is 0. The summed E-state index contributed by atoms with van der Waals surface area (Å²) in [5.41, 5.74) is 4.20. The average Bonchev–Trinajstić information content (AvgIpc) is 2.37. The summed E-state index contributed by atoms with van der Waals surface area (Å²) in [6.07, 6.45) is 0. The number of phenolic OH excluding ortho intramolecular Hbond substituents is 1. The summed E-state index contributed by atoms with van der Waals surface area (Å²) in [4.78, 5) is 0. The molecule has 0 unspecified atom stereocenters. The molecule has 0 aromatic heterocycles. The molecule has 2 aromatic carbocycles. The van der Waals surface area contributed by atoms with Crippen LogP contribution in [0, 0.1) is 0 Å². The first-order chi connectivity index (χ1) is 9.60. The van der Waals surface area contributed by atoms with Crippen molar-refractivity contribution in [2.45, 2.75) is 52.4 Å². The molecule has 0 amide bonds. The predicted molar refractivity (Wildman–Crippen MR) is 90.9 cm³/mol. The fraction of sp³-hybridized carbons (Fsp3) is 0.400. The molecule has 0 saturated heterocycles. The van der Waals surface area contributed by atoms with Crippen molar-refractivity contribution >= 4 is 0 Å². The van der Waals surface area contributed by atoms with E-state index >= 15 is 0 Å². The Morgan fingerprint density at radius 2 is 1.10 bits per heavy atom. The van der Waals surface area contributed by atoms with Gasteiger partial charge in [-0.15, -0.1) is 0 Å². The maximum absolute atomic E-state index is 10.7. The molecule has 0 fully saturated rings. The minimum atomic E-state index is -0.0884. The number of benzene rings is 2. The van der Waals surface area contributed by atoms with Crippen LogP contribution in [0.2, 0.25) is 0 Å². The Labute approximate surface area is 128 Å². The van der Waals surface area contributed by atoms with Crippen molar-refractivity contribution in [2.75, 3.05) is 0 Å². The second kappa shape index (κ2) is 5.22. The van der Waals surface area contributed by atoms with E-state index in [0.717, 1.165) is 11.1 Å². The standard InChI is InChI=1S/C20H26O/c1-19(2,3)16-12-15(14-10-8-7-9-11-14)13-17(18(16)21)20(4,5)6/h7-13,21H,1-6H3. The molecular weight excluding hydrogens is 256 g/mol. The van der Waals surface area contributed by atoms with Crippen LogP contribution < -0.4 is 0 Å². The van der Waals surface area contributed by atoms with E-state index < -0.39 is 0 Å². The van der Waals surface area contributed by atoms with E-state index in [2.05, 4.69) is 77.9 Å². The molecule has 0 aliphatic rings. The van der Waals surface area contributed by atoms with Crippen LogP contribution in [-0.2, 0) is 10.8 Å². The maximum Gasteiger partial charge on any atom is 0.123 e. The van der Waals surface area contributed by atoms with Gasteiger partial charge in [-0.3, -0.25) is 0 Å². The lowest BCUT2D eigenvalue weighted by atomic mass is 9.78. The lowest BCUT2D eigenvalue weighted by molar-refractivity contribution is 0.423. The van der Waals surface area contributed by atoms with Crippen LogP contribution in [0.5, 0.6) is 5.75 Å². The van der Waals surface area contributed by atoms with Crippen molar-refractivity contribution in [3.8, 4) is 16.9 Å². The third kappa shape index (κ3) is 3.29. The molecule has 0 radical (unpaired) electrons. The summed E-state index contributed by atoms with van der Waals surface area (Å²) in [6, 6.07) is 14.6. The molecular formula is C20H26O. The highest BCUT2D eigenvalue weighted by Crippen LogP contribution is 2.41. The Balaban J connectivity index is 2.75. The first kappa shape index (κ1) is 15.6. The monoisotopic (exact) mass is 282 g/mol. The number of hydrogen-bond acceptors (Lipinski definition) is 1. The third-order valence-electron chi connectivity index (χ3n) is 3.83. The molecule has 0 atom stereocenters. The molecule has 1 N–H and O–H groups in total. The number of hydrogen-bond donors (Lipinski definition) is 1. The van der Waals surface area contributed by atoms with Gasteiger partial charge >= 0.3 is 0 Å². The van der Waals surface area contributed by atoms with E-state index in [0.29, 0.717) is 5.75 Å². The van der Waals surface area contributed by atoms with Crippen LogP contribution >= 0.6 is 0 Å². The molecule has 0 bridgehead atoms. The van der Waals surface area contributed by atoms with Gasteiger partial charge in [-0.2, -0.15) is 0 Å². The first-order valence-electron chi connectivity index (χ1n) is 7.54. The van der Waals surface area contributed by atoms with Crippen molar-refractivity contribution in [1.29, 1.82) is 0 Å². The van der Waals surface area contributed by atoms with Gasteiger partial charge in [-0.05, 0) is 34.1 Å². The smallest absolute Gasteiger partial charge is 0.123 e. The summed E-state index contributed by atoms with van der Waals surface area (Å²) in [5, 5.41) is 10.7. The van der Waals surface area contributed by atoms with E-state index in [1.165, 1.54) is 11.1 Å². The van der Waals surface area contributed by atoms with Crippen molar-refractivity contribution in [1.82, 2.24) is 0 Å². The highest BCUT2D eigenvalue weighted by Gasteiger charge is 2.26. The highest BCUT2D eigenvalue weighted by atomic mass is 16.3. The summed E-state index contributed by atoms with van der Waals surface area (Å²) in [6.45, 7) is 12.9. The molecule has 2 aromatic rings. The van der Waals surface area contributed by atoms with Crippen molar-refractivity contribution in [2.24, 2.45) is 0 Å². The van der Waals surface area contributed by atoms with E-state index in [-0.39, 0.29) is 10.8 Å². The second-order valence-corrected chi connectivity index (χ2v) is 7.79. The molecule has 1 heteroatoms. The number of aromatic hydroxyl groups is 1. The summed E-state index contributed by atoms with van der Waals surface area (Å²) in [5.74, 6) is 0.440. The normalized spacial score (nSPS) is 12.5. The van der Waals surface area contributed by atoms with E-state index in [4.69, 9.17) is 0 Å². The van der Waals surface area contributed by atoms with Gasteiger partial charge in [-0.25, -0.2) is 0 Å². The van der Waals surface area contributed by atoms with Gasteiger partial charge in [0, 0.05) is 11.1 Å². The van der Waals surface area contributed by atoms with Crippen LogP contribution in [-0.4, -0.2) is 5.11 Å². The van der Waals surface area contributed by atoms with E-state index in [1.54, 1.807) is 0 Å². The van der Waals surface area contributed by atoms with Crippen LogP contribution in [0.25, 0.3) is 11.1 Å². The molecule has 0 heterocycles. The zero-order chi connectivity index (χ0) is 15.8. The van der Waals surface area contributed by atoms with Crippen LogP contribution in [0.3, 0.4) is 0 Å². The Kier molecular flexibility index (Phi) is 3.88. The Hall–Kier alpha value is -1.76. The van der Waals surface area contributed by atoms with Crippen LogP contribution in [0.4, 0.5) is 0 Å². The highest BCUT2D eigenvalue weighted by molar-refractivity contribution is 5.68. The minimum Gasteiger partial charge on any atom is -0.507 e. The zero-order valence-electron chi connectivity index (χ0n) is 14.0. The first-order valence-corrected chi connectivity index (χ1v) is 7.54. The van der Waals surface area contributed by atoms with Gasteiger partial charge in [0.15, 0.2) is 0 Å². The fourth-order valence-electron chi connectivity index (χ4n) is 2.58. The molecule has 1 nitrogen and oxygen atoms in total. The van der Waals surface area contributed by atoms with Gasteiger partial charge in [0.25, 0.3) is 0 Å². The summed E-state index contributed by atoms with van der Waals surface area (Å²) < 4.78 is 0. The Bertz CT molecular complexity index is 590. The van der Waals surface area contributed by atoms with Gasteiger partial charge in [0.2, 0.25) is 0 Å². The average molecular weight is 282 g/mol. The molecule has 2 rings (SSSR count). The number of rotatable bonds is 1. The van der Waals surface area contributed by atoms with Gasteiger partial charge < -0.3 is 5.11 Å². The van der Waals surface area contributed by atoms with Crippen molar-refractivity contribution in [3.63, 3.8) is 0 Å². The van der Waals surface area contributed by atoms with Crippen LogP contribution in [0.1, 0.15) is 52.7 Å². The van der Waals surface area contributed by atoms with E-state index in [9.17, 15) is 5.11 Å². The minimum absolute atomic E-state index is 0.0884. The Morgan fingerprint density at radius 1 is 0.667 bits per heavy atom. The lowest BCUT2D eigenvalue weighted by Gasteiger charge is -2.28. The molecule has 21 heavy (non-hydrogen) atoms. The van der Waals surface area contributed by atoms with Crippen LogP contribution in [0.15, 0.2) is 42.5 Å². The quantitative estimate of drug-likeness (QED) is 0.716. The molecule has 0 spiro atoms. The van der Waals surface area contributed by atoms with Crippen molar-refractivity contribution in [3.05, 3.63) is 53.6 Å². The largest absolute Gasteiger partial charge is 0.507 e. The topological polar surface area (TPSA) is 20.2 Å². The van der Waals surface area contributed by atoms with E-state index in [1.807, 2.05) is 6.07 Å². The summed E-state index contributed by atoms with van der Waals surface area (Å²) >= 11 is 0. The molecule has 112 valence electrons. The maximum atomic E-state index is 10.7. The van der Waals surface area contributed by atoms with Gasteiger partial charge in [0.1, 0.15) is 5.75 Å². The Morgan fingerprint density at radius 3 is 1.48 bits per heavy atom. The molecule has 0 aliphatic carbocycles. The van der Waals surface area contributed by atoms with Gasteiger partial charge in [-0.1, -0.05) is 71.9 Å². The SMILES string of the molecule is CC(C)(C)c1cc(-c2ccccc2)cc(C(C)(C)C)c1O. The van der Waals surface area contributed by atoms with Crippen molar-refractivity contribution < 1.29 is 5.11 Å². The second-order valence-electron chi connectivity index (χ2n) is 7.79. The molecule has 0 saturated carbocycles.